The van der Waals surface area contributed by atoms with E-state index in [1.54, 1.807) is 25.3 Å². The Kier molecular flexibility index (Phi) is 5.34. The second kappa shape index (κ2) is 7.03. The molecule has 0 unspecified atom stereocenters. The molecule has 0 saturated carbocycles. The van der Waals surface area contributed by atoms with Crippen LogP contribution in [0.3, 0.4) is 0 Å². The molecule has 0 heterocycles. The molecule has 2 aromatic carbocycles. The average molecular weight is 326 g/mol. The highest BCUT2D eigenvalue weighted by Crippen LogP contribution is 2.31. The predicted molar refractivity (Wildman–Crippen MR) is 86.4 cm³/mol. The van der Waals surface area contributed by atoms with Gasteiger partial charge in [-0.1, -0.05) is 35.3 Å². The van der Waals surface area contributed by atoms with E-state index in [1.165, 1.54) is 0 Å². The van der Waals surface area contributed by atoms with Gasteiger partial charge in [0.1, 0.15) is 18.1 Å². The van der Waals surface area contributed by atoms with Crippen molar-refractivity contribution in [1.29, 1.82) is 0 Å². The lowest BCUT2D eigenvalue weighted by atomic mass is 10.1. The standard InChI is InChI=1S/C16H17Cl2NO2/c1-10(19)12-7-6-11(20-2)8-16(12)21-9-13-14(17)4-3-5-15(13)18/h3-8,10H,9,19H2,1-2H3/t10-/m1/s1. The molecule has 0 spiro atoms. The van der Waals surface area contributed by atoms with Crippen molar-refractivity contribution in [3.05, 3.63) is 57.6 Å². The highest BCUT2D eigenvalue weighted by Gasteiger charge is 2.12. The summed E-state index contributed by atoms with van der Waals surface area (Å²) in [6, 6.07) is 10.8. The second-order valence-electron chi connectivity index (χ2n) is 4.68. The van der Waals surface area contributed by atoms with Gasteiger partial charge in [-0.3, -0.25) is 0 Å². The van der Waals surface area contributed by atoms with Crippen molar-refractivity contribution in [1.82, 2.24) is 0 Å². The largest absolute Gasteiger partial charge is 0.497 e. The van der Waals surface area contributed by atoms with Crippen molar-refractivity contribution >= 4 is 23.2 Å². The molecular formula is C16H17Cl2NO2. The first-order valence-corrected chi connectivity index (χ1v) is 7.27. The van der Waals surface area contributed by atoms with Gasteiger partial charge in [-0.25, -0.2) is 0 Å². The lowest BCUT2D eigenvalue weighted by Crippen LogP contribution is -2.08. The molecule has 0 aromatic heterocycles. The van der Waals surface area contributed by atoms with E-state index in [4.69, 9.17) is 38.4 Å². The van der Waals surface area contributed by atoms with Crippen LogP contribution in [0.25, 0.3) is 0 Å². The van der Waals surface area contributed by atoms with E-state index >= 15 is 0 Å². The van der Waals surface area contributed by atoms with Gasteiger partial charge in [0.05, 0.1) is 7.11 Å². The van der Waals surface area contributed by atoms with E-state index < -0.39 is 0 Å². The molecule has 2 N–H and O–H groups in total. The minimum atomic E-state index is -0.146. The van der Waals surface area contributed by atoms with Crippen molar-refractivity contribution < 1.29 is 9.47 Å². The van der Waals surface area contributed by atoms with E-state index in [0.29, 0.717) is 21.5 Å². The van der Waals surface area contributed by atoms with Crippen LogP contribution in [-0.4, -0.2) is 7.11 Å². The summed E-state index contributed by atoms with van der Waals surface area (Å²) >= 11 is 12.3. The van der Waals surface area contributed by atoms with Crippen molar-refractivity contribution in [2.75, 3.05) is 7.11 Å². The number of hydrogen-bond acceptors (Lipinski definition) is 3. The summed E-state index contributed by atoms with van der Waals surface area (Å²) in [5.74, 6) is 1.37. The van der Waals surface area contributed by atoms with Crippen LogP contribution >= 0.6 is 23.2 Å². The third-order valence-electron chi connectivity index (χ3n) is 3.14. The van der Waals surface area contributed by atoms with Gasteiger partial charge in [-0.05, 0) is 25.1 Å². The number of hydrogen-bond donors (Lipinski definition) is 1. The first-order valence-electron chi connectivity index (χ1n) is 6.52. The third kappa shape index (κ3) is 3.82. The van der Waals surface area contributed by atoms with Crippen LogP contribution in [0.2, 0.25) is 10.0 Å². The minimum Gasteiger partial charge on any atom is -0.497 e. The molecule has 0 aliphatic heterocycles. The molecule has 0 fully saturated rings. The quantitative estimate of drug-likeness (QED) is 0.873. The summed E-state index contributed by atoms with van der Waals surface area (Å²) in [5.41, 5.74) is 7.61. The van der Waals surface area contributed by atoms with Crippen LogP contribution in [0.1, 0.15) is 24.1 Å². The van der Waals surface area contributed by atoms with Crippen LogP contribution in [0.15, 0.2) is 36.4 Å². The fourth-order valence-corrected chi connectivity index (χ4v) is 2.47. The maximum atomic E-state index is 6.14. The second-order valence-corrected chi connectivity index (χ2v) is 5.50. The van der Waals surface area contributed by atoms with Crippen molar-refractivity contribution in [2.24, 2.45) is 5.73 Å². The highest BCUT2D eigenvalue weighted by molar-refractivity contribution is 6.35. The molecule has 2 aromatic rings. The van der Waals surface area contributed by atoms with E-state index in [1.807, 2.05) is 25.1 Å². The summed E-state index contributed by atoms with van der Waals surface area (Å²) in [7, 11) is 1.61. The Morgan fingerprint density at radius 3 is 2.38 bits per heavy atom. The van der Waals surface area contributed by atoms with Gasteiger partial charge < -0.3 is 15.2 Å². The minimum absolute atomic E-state index is 0.146. The zero-order valence-corrected chi connectivity index (χ0v) is 13.4. The number of ether oxygens (including phenoxy) is 2. The number of nitrogens with two attached hydrogens (primary N) is 1. The number of rotatable bonds is 5. The zero-order chi connectivity index (χ0) is 15.4. The van der Waals surface area contributed by atoms with Gasteiger partial charge in [0.15, 0.2) is 0 Å². The maximum Gasteiger partial charge on any atom is 0.128 e. The van der Waals surface area contributed by atoms with Crippen molar-refractivity contribution in [3.8, 4) is 11.5 Å². The summed E-state index contributed by atoms with van der Waals surface area (Å²) in [6.07, 6.45) is 0. The summed E-state index contributed by atoms with van der Waals surface area (Å²) < 4.78 is 11.1. The van der Waals surface area contributed by atoms with Crippen LogP contribution in [0.4, 0.5) is 0 Å². The monoisotopic (exact) mass is 325 g/mol. The molecule has 1 atom stereocenters. The van der Waals surface area contributed by atoms with Crippen LogP contribution in [-0.2, 0) is 6.61 Å². The SMILES string of the molecule is COc1ccc([C@@H](C)N)c(OCc2c(Cl)cccc2Cl)c1. The molecule has 0 aliphatic rings. The number of benzene rings is 2. The lowest BCUT2D eigenvalue weighted by Gasteiger charge is -2.16. The lowest BCUT2D eigenvalue weighted by molar-refractivity contribution is 0.299. The van der Waals surface area contributed by atoms with Gasteiger partial charge in [-0.2, -0.15) is 0 Å². The third-order valence-corrected chi connectivity index (χ3v) is 3.85. The van der Waals surface area contributed by atoms with E-state index in [9.17, 15) is 0 Å². The Bertz CT molecular complexity index is 609. The van der Waals surface area contributed by atoms with E-state index in [0.717, 1.165) is 11.1 Å². The summed E-state index contributed by atoms with van der Waals surface area (Å²) in [4.78, 5) is 0. The molecule has 0 saturated heterocycles. The van der Waals surface area contributed by atoms with Crippen molar-refractivity contribution in [2.45, 2.75) is 19.6 Å². The highest BCUT2D eigenvalue weighted by atomic mass is 35.5. The Balaban J connectivity index is 2.26. The van der Waals surface area contributed by atoms with Crippen LogP contribution in [0, 0.1) is 0 Å². The molecule has 0 radical (unpaired) electrons. The van der Waals surface area contributed by atoms with Gasteiger partial charge in [-0.15, -0.1) is 0 Å². The molecule has 0 bridgehead atoms. The van der Waals surface area contributed by atoms with Crippen LogP contribution in [0.5, 0.6) is 11.5 Å². The van der Waals surface area contributed by atoms with Crippen molar-refractivity contribution in [3.63, 3.8) is 0 Å². The molecule has 2 rings (SSSR count). The zero-order valence-electron chi connectivity index (χ0n) is 11.9. The summed E-state index contributed by atoms with van der Waals surface area (Å²) in [5, 5.41) is 1.15. The van der Waals surface area contributed by atoms with Gasteiger partial charge in [0, 0.05) is 33.3 Å². The number of halogens is 2. The summed E-state index contributed by atoms with van der Waals surface area (Å²) in [6.45, 7) is 2.17. The topological polar surface area (TPSA) is 44.5 Å². The number of methoxy groups -OCH3 is 1. The molecule has 3 nitrogen and oxygen atoms in total. The van der Waals surface area contributed by atoms with E-state index in [-0.39, 0.29) is 12.6 Å². The Labute approximate surface area is 134 Å². The van der Waals surface area contributed by atoms with Gasteiger partial charge in [0.25, 0.3) is 0 Å². The molecular weight excluding hydrogens is 309 g/mol. The average Bonchev–Trinajstić information content (AvgIpc) is 2.46. The smallest absolute Gasteiger partial charge is 0.128 e. The van der Waals surface area contributed by atoms with E-state index in [2.05, 4.69) is 0 Å². The van der Waals surface area contributed by atoms with Gasteiger partial charge >= 0.3 is 0 Å². The molecule has 112 valence electrons. The Morgan fingerprint density at radius 1 is 1.14 bits per heavy atom. The Morgan fingerprint density at radius 2 is 1.81 bits per heavy atom. The first-order chi connectivity index (χ1) is 10.0. The van der Waals surface area contributed by atoms with Gasteiger partial charge in [0.2, 0.25) is 0 Å². The fraction of sp³-hybridized carbons (Fsp3) is 0.250. The molecule has 21 heavy (non-hydrogen) atoms. The van der Waals surface area contributed by atoms with Crippen LogP contribution < -0.4 is 15.2 Å². The molecule has 5 heteroatoms. The molecule has 0 amide bonds. The maximum absolute atomic E-state index is 6.14. The Hall–Kier alpha value is -1.42. The first kappa shape index (κ1) is 16.0. The normalized spacial score (nSPS) is 12.0. The molecule has 0 aliphatic carbocycles. The predicted octanol–water partition coefficient (Wildman–Crippen LogP) is 4.60. The fourth-order valence-electron chi connectivity index (χ4n) is 1.96.